The van der Waals surface area contributed by atoms with Crippen LogP contribution in [0.3, 0.4) is 0 Å². The van der Waals surface area contributed by atoms with Crippen LogP contribution >= 0.6 is 24.2 Å². The summed E-state index contributed by atoms with van der Waals surface area (Å²) in [5.41, 5.74) is 1.05. The molecule has 0 saturated heterocycles. The van der Waals surface area contributed by atoms with E-state index in [0.717, 1.165) is 37.2 Å². The number of aromatic nitrogens is 2. The molecule has 0 fully saturated rings. The second-order valence-electron chi connectivity index (χ2n) is 6.99. The van der Waals surface area contributed by atoms with Crippen molar-refractivity contribution in [3.63, 3.8) is 0 Å². The highest BCUT2D eigenvalue weighted by atomic mass is 35.5. The first-order chi connectivity index (χ1) is 13.0. The monoisotopic (exact) mass is 425 g/mol. The molecule has 5 nitrogen and oxygen atoms in total. The number of thioether (sulfide) groups is 1. The second-order valence-corrected chi connectivity index (χ2v) is 8.05. The Labute approximate surface area is 178 Å². The van der Waals surface area contributed by atoms with Crippen LogP contribution in [0.2, 0.25) is 0 Å². The van der Waals surface area contributed by atoms with Gasteiger partial charge in [-0.05, 0) is 39.1 Å². The molecule has 0 bridgehead atoms. The van der Waals surface area contributed by atoms with Crippen molar-refractivity contribution in [2.75, 3.05) is 26.4 Å². The van der Waals surface area contributed by atoms with Crippen molar-refractivity contribution in [2.45, 2.75) is 50.6 Å². The minimum Gasteiger partial charge on any atom is -0.493 e. The minimum absolute atomic E-state index is 0. The lowest BCUT2D eigenvalue weighted by Gasteiger charge is -2.15. The average molecular weight is 426 g/mol. The topological polar surface area (TPSA) is 58.4 Å². The molecule has 0 radical (unpaired) electrons. The molecule has 0 aliphatic carbocycles. The lowest BCUT2D eigenvalue weighted by molar-refractivity contribution is 0.428. The van der Waals surface area contributed by atoms with Crippen LogP contribution in [-0.2, 0) is 6.42 Å². The van der Waals surface area contributed by atoms with Crippen molar-refractivity contribution in [3.8, 4) is 11.6 Å². The van der Waals surface area contributed by atoms with Gasteiger partial charge in [0.25, 0.3) is 5.56 Å². The SMILES string of the molecule is CCCCCCCc1c(O)nc(SCCN(C)C)n(-c2ccccc2)c1=O.Cl. The number of nitrogens with zero attached hydrogens (tertiary/aromatic N) is 3. The van der Waals surface area contributed by atoms with E-state index in [-0.39, 0.29) is 23.8 Å². The van der Waals surface area contributed by atoms with E-state index < -0.39 is 0 Å². The number of benzene rings is 1. The molecule has 0 aliphatic heterocycles. The normalized spacial score (nSPS) is 10.9. The standard InChI is InChI=1S/C21H31N3O2S.ClH/c1-4-5-6-7-11-14-18-19(25)22-21(27-16-15-23(2)3)24(20(18)26)17-12-9-8-10-13-17;/h8-10,12-13,25H,4-7,11,14-16H2,1-3H3;1H. The van der Waals surface area contributed by atoms with Gasteiger partial charge in [0.2, 0.25) is 5.88 Å². The fourth-order valence-corrected chi connectivity index (χ4v) is 3.98. The quantitative estimate of drug-likeness (QED) is 0.325. The van der Waals surface area contributed by atoms with E-state index >= 15 is 0 Å². The zero-order valence-corrected chi connectivity index (χ0v) is 18.7. The van der Waals surface area contributed by atoms with Crippen LogP contribution in [0.4, 0.5) is 0 Å². The van der Waals surface area contributed by atoms with Gasteiger partial charge in [0.05, 0.1) is 11.3 Å². The van der Waals surface area contributed by atoms with Gasteiger partial charge in [0.15, 0.2) is 5.16 Å². The molecule has 156 valence electrons. The number of hydrogen-bond acceptors (Lipinski definition) is 5. The number of unbranched alkanes of at least 4 members (excludes halogenated alkanes) is 4. The minimum atomic E-state index is -0.156. The first-order valence-electron chi connectivity index (χ1n) is 9.72. The smallest absolute Gasteiger partial charge is 0.265 e. The van der Waals surface area contributed by atoms with Gasteiger partial charge in [-0.3, -0.25) is 9.36 Å². The number of aromatic hydroxyl groups is 1. The van der Waals surface area contributed by atoms with Gasteiger partial charge < -0.3 is 10.0 Å². The highest BCUT2D eigenvalue weighted by Crippen LogP contribution is 2.23. The maximum absolute atomic E-state index is 13.2. The van der Waals surface area contributed by atoms with Crippen LogP contribution in [0.1, 0.15) is 44.6 Å². The van der Waals surface area contributed by atoms with E-state index in [1.54, 1.807) is 4.57 Å². The fraction of sp³-hybridized carbons (Fsp3) is 0.524. The van der Waals surface area contributed by atoms with Crippen molar-refractivity contribution in [1.29, 1.82) is 0 Å². The van der Waals surface area contributed by atoms with Gasteiger partial charge in [-0.15, -0.1) is 12.4 Å². The van der Waals surface area contributed by atoms with Gasteiger partial charge in [-0.1, -0.05) is 62.6 Å². The molecular formula is C21H32ClN3O2S. The largest absolute Gasteiger partial charge is 0.493 e. The molecule has 0 amide bonds. The predicted molar refractivity (Wildman–Crippen MR) is 120 cm³/mol. The Hall–Kier alpha value is -1.50. The molecule has 0 aliphatic rings. The summed E-state index contributed by atoms with van der Waals surface area (Å²) < 4.78 is 1.64. The molecule has 1 aromatic heterocycles. The zero-order valence-electron chi connectivity index (χ0n) is 17.1. The van der Waals surface area contributed by atoms with Crippen LogP contribution in [0.5, 0.6) is 5.88 Å². The summed E-state index contributed by atoms with van der Waals surface area (Å²) in [4.78, 5) is 19.6. The van der Waals surface area contributed by atoms with Crippen LogP contribution in [0.25, 0.3) is 5.69 Å². The molecule has 2 rings (SSSR count). The Morgan fingerprint density at radius 3 is 2.43 bits per heavy atom. The Morgan fingerprint density at radius 1 is 1.11 bits per heavy atom. The molecule has 2 aromatic rings. The Balaban J connectivity index is 0.00000392. The highest BCUT2D eigenvalue weighted by Gasteiger charge is 2.17. The van der Waals surface area contributed by atoms with Crippen molar-refractivity contribution < 1.29 is 5.11 Å². The Kier molecular flexibility index (Phi) is 11.3. The van der Waals surface area contributed by atoms with Crippen molar-refractivity contribution in [3.05, 3.63) is 46.2 Å². The molecule has 0 saturated carbocycles. The van der Waals surface area contributed by atoms with E-state index in [9.17, 15) is 9.90 Å². The lowest BCUT2D eigenvalue weighted by atomic mass is 10.1. The van der Waals surface area contributed by atoms with E-state index in [1.807, 2.05) is 44.4 Å². The summed E-state index contributed by atoms with van der Waals surface area (Å²) in [6.07, 6.45) is 6.09. The third-order valence-electron chi connectivity index (χ3n) is 4.44. The van der Waals surface area contributed by atoms with Crippen molar-refractivity contribution in [1.82, 2.24) is 14.5 Å². The van der Waals surface area contributed by atoms with E-state index in [2.05, 4.69) is 16.8 Å². The summed E-state index contributed by atoms with van der Waals surface area (Å²) in [7, 11) is 4.02. The number of rotatable bonds is 11. The zero-order chi connectivity index (χ0) is 19.6. The highest BCUT2D eigenvalue weighted by molar-refractivity contribution is 7.99. The summed E-state index contributed by atoms with van der Waals surface area (Å²) in [5.74, 6) is 0.678. The fourth-order valence-electron chi connectivity index (χ4n) is 2.87. The van der Waals surface area contributed by atoms with E-state index in [4.69, 9.17) is 0 Å². The predicted octanol–water partition coefficient (Wildman–Crippen LogP) is 4.53. The first-order valence-corrected chi connectivity index (χ1v) is 10.7. The van der Waals surface area contributed by atoms with Crippen molar-refractivity contribution >= 4 is 24.2 Å². The summed E-state index contributed by atoms with van der Waals surface area (Å²) in [6, 6.07) is 9.55. The van der Waals surface area contributed by atoms with Crippen LogP contribution in [-0.4, -0.2) is 46.0 Å². The maximum atomic E-state index is 13.2. The van der Waals surface area contributed by atoms with Gasteiger partial charge >= 0.3 is 0 Å². The van der Waals surface area contributed by atoms with Gasteiger partial charge in [-0.25, -0.2) is 0 Å². The van der Waals surface area contributed by atoms with Crippen molar-refractivity contribution in [2.24, 2.45) is 0 Å². The molecule has 1 heterocycles. The molecule has 0 unspecified atom stereocenters. The molecule has 7 heteroatoms. The Bertz CT molecular complexity index is 766. The molecule has 28 heavy (non-hydrogen) atoms. The van der Waals surface area contributed by atoms with Crippen LogP contribution in [0.15, 0.2) is 40.3 Å². The Morgan fingerprint density at radius 2 is 1.79 bits per heavy atom. The summed E-state index contributed by atoms with van der Waals surface area (Å²) in [5, 5.41) is 10.9. The van der Waals surface area contributed by atoms with Crippen LogP contribution < -0.4 is 5.56 Å². The second kappa shape index (κ2) is 12.9. The molecule has 1 N–H and O–H groups in total. The molecular weight excluding hydrogens is 394 g/mol. The molecule has 0 spiro atoms. The maximum Gasteiger partial charge on any atom is 0.265 e. The summed E-state index contributed by atoms with van der Waals surface area (Å²) >= 11 is 1.49. The van der Waals surface area contributed by atoms with E-state index in [1.165, 1.54) is 24.6 Å². The van der Waals surface area contributed by atoms with Crippen LogP contribution in [0, 0.1) is 0 Å². The average Bonchev–Trinajstić information content (AvgIpc) is 2.64. The van der Waals surface area contributed by atoms with Gasteiger partial charge in [0, 0.05) is 12.3 Å². The van der Waals surface area contributed by atoms with Gasteiger partial charge in [0.1, 0.15) is 0 Å². The summed E-state index contributed by atoms with van der Waals surface area (Å²) in [6.45, 7) is 3.05. The number of halogens is 1. The third-order valence-corrected chi connectivity index (χ3v) is 5.36. The molecule has 1 aromatic carbocycles. The van der Waals surface area contributed by atoms with E-state index in [0.29, 0.717) is 17.1 Å². The molecule has 0 atom stereocenters. The first kappa shape index (κ1) is 24.5. The number of para-hydroxylation sites is 1. The van der Waals surface area contributed by atoms with Gasteiger partial charge in [-0.2, -0.15) is 4.98 Å². The lowest BCUT2D eigenvalue weighted by Crippen LogP contribution is -2.26. The number of hydrogen-bond donors (Lipinski definition) is 1. The third kappa shape index (κ3) is 7.15.